The quantitative estimate of drug-likeness (QED) is 0.217. The molecule has 0 N–H and O–H groups in total. The molecule has 7 aromatic rings. The van der Waals surface area contributed by atoms with E-state index in [4.69, 9.17) is 4.98 Å². The molecule has 0 amide bonds. The van der Waals surface area contributed by atoms with Crippen molar-refractivity contribution in [2.75, 3.05) is 0 Å². The van der Waals surface area contributed by atoms with Gasteiger partial charge in [0.15, 0.2) is 0 Å². The number of imidazole rings is 1. The summed E-state index contributed by atoms with van der Waals surface area (Å²) in [5.41, 5.74) is 15.7. The van der Waals surface area contributed by atoms with Crippen LogP contribution < -0.4 is 0 Å². The van der Waals surface area contributed by atoms with Gasteiger partial charge in [0.25, 0.3) is 0 Å². The van der Waals surface area contributed by atoms with Crippen molar-refractivity contribution >= 4 is 38.4 Å². The number of hydrogen-bond donors (Lipinski definition) is 0. The minimum absolute atomic E-state index is 0.959. The van der Waals surface area contributed by atoms with Crippen molar-refractivity contribution in [3.05, 3.63) is 119 Å². The Balaban J connectivity index is 1.51. The van der Waals surface area contributed by atoms with Gasteiger partial charge in [0.05, 0.1) is 16.6 Å². The van der Waals surface area contributed by atoms with E-state index in [0.29, 0.717) is 0 Å². The first-order valence-corrected chi connectivity index (χ1v) is 12.3. The zero-order valence-electron chi connectivity index (χ0n) is 19.0. The van der Waals surface area contributed by atoms with Crippen molar-refractivity contribution in [3.8, 4) is 22.3 Å². The summed E-state index contributed by atoms with van der Waals surface area (Å²) < 4.78 is 2.42. The van der Waals surface area contributed by atoms with E-state index in [1.807, 2.05) is 0 Å². The molecule has 2 nitrogen and oxygen atoms in total. The molecule has 0 radical (unpaired) electrons. The molecule has 0 bridgehead atoms. The van der Waals surface area contributed by atoms with Gasteiger partial charge in [-0.3, -0.25) is 4.40 Å². The van der Waals surface area contributed by atoms with E-state index in [2.05, 4.69) is 101 Å². The number of aromatic nitrogens is 2. The second-order valence-corrected chi connectivity index (χ2v) is 9.97. The molecule has 2 aliphatic rings. The lowest BCUT2D eigenvalue weighted by Crippen LogP contribution is -1.96. The van der Waals surface area contributed by atoms with Crippen LogP contribution in [0.3, 0.4) is 0 Å². The number of fused-ring (bicyclic) bond motifs is 15. The summed E-state index contributed by atoms with van der Waals surface area (Å²) in [5, 5.41) is 3.92. The topological polar surface area (TPSA) is 17.3 Å². The average Bonchev–Trinajstić information content (AvgIpc) is 3.58. The molecule has 162 valence electrons. The van der Waals surface area contributed by atoms with Gasteiger partial charge >= 0.3 is 0 Å². The molecule has 0 spiro atoms. The molecule has 9 rings (SSSR count). The van der Waals surface area contributed by atoms with Crippen molar-refractivity contribution in [3.63, 3.8) is 0 Å². The third-order valence-corrected chi connectivity index (χ3v) is 8.21. The van der Waals surface area contributed by atoms with Crippen LogP contribution in [0.5, 0.6) is 0 Å². The van der Waals surface area contributed by atoms with Gasteiger partial charge in [-0.2, -0.15) is 0 Å². The Kier molecular flexibility index (Phi) is 3.16. The van der Waals surface area contributed by atoms with E-state index in [0.717, 1.165) is 24.0 Å². The summed E-state index contributed by atoms with van der Waals surface area (Å²) in [7, 11) is 0. The Morgan fingerprint density at radius 1 is 0.543 bits per heavy atom. The molecule has 0 fully saturated rings. The summed E-state index contributed by atoms with van der Waals surface area (Å²) >= 11 is 0. The normalized spacial score (nSPS) is 13.5. The third kappa shape index (κ3) is 2.18. The predicted octanol–water partition coefficient (Wildman–Crippen LogP) is 7.94. The molecule has 5 aromatic carbocycles. The highest BCUT2D eigenvalue weighted by molar-refractivity contribution is 6.18. The van der Waals surface area contributed by atoms with E-state index < -0.39 is 0 Å². The smallest absolute Gasteiger partial charge is 0.146 e. The monoisotopic (exact) mass is 444 g/mol. The lowest BCUT2D eigenvalue weighted by molar-refractivity contribution is 1.24. The van der Waals surface area contributed by atoms with Crippen LogP contribution in [0.2, 0.25) is 0 Å². The van der Waals surface area contributed by atoms with Crippen molar-refractivity contribution in [1.82, 2.24) is 9.38 Å². The Labute approximate surface area is 202 Å². The maximum Gasteiger partial charge on any atom is 0.146 e. The summed E-state index contributed by atoms with van der Waals surface area (Å²) in [6.07, 6.45) is 1.95. The highest BCUT2D eigenvalue weighted by Crippen LogP contribution is 2.46. The zero-order valence-corrected chi connectivity index (χ0v) is 19.0. The van der Waals surface area contributed by atoms with Crippen molar-refractivity contribution in [2.24, 2.45) is 0 Å². The fourth-order valence-electron chi connectivity index (χ4n) is 6.70. The van der Waals surface area contributed by atoms with Gasteiger partial charge in [-0.25, -0.2) is 4.98 Å². The fraction of sp³-hybridized carbons (Fsp3) is 0.0606. The average molecular weight is 445 g/mol. The summed E-state index contributed by atoms with van der Waals surface area (Å²) in [4.78, 5) is 5.23. The van der Waals surface area contributed by atoms with Gasteiger partial charge in [-0.05, 0) is 87.0 Å². The van der Waals surface area contributed by atoms with Gasteiger partial charge in [0, 0.05) is 10.8 Å². The van der Waals surface area contributed by atoms with E-state index in [1.54, 1.807) is 0 Å². The first kappa shape index (κ1) is 18.0. The Bertz CT molecular complexity index is 2060. The van der Waals surface area contributed by atoms with Crippen LogP contribution in [0.15, 0.2) is 97.1 Å². The number of nitrogens with zero attached hydrogens (tertiary/aromatic N) is 2. The fourth-order valence-corrected chi connectivity index (χ4v) is 6.70. The van der Waals surface area contributed by atoms with Crippen LogP contribution in [0.1, 0.15) is 22.3 Å². The molecular weight excluding hydrogens is 424 g/mol. The minimum Gasteiger partial charge on any atom is -0.292 e. The first-order chi connectivity index (χ1) is 17.3. The summed E-state index contributed by atoms with van der Waals surface area (Å²) in [5.74, 6) is 0. The Morgan fingerprint density at radius 3 is 2.17 bits per heavy atom. The molecular formula is C33H20N2. The molecule has 2 heterocycles. The van der Waals surface area contributed by atoms with Crippen LogP contribution in [0.25, 0.3) is 60.6 Å². The van der Waals surface area contributed by atoms with Crippen LogP contribution in [-0.4, -0.2) is 9.38 Å². The molecule has 2 heteroatoms. The molecule has 35 heavy (non-hydrogen) atoms. The van der Waals surface area contributed by atoms with Crippen LogP contribution in [0.4, 0.5) is 0 Å². The van der Waals surface area contributed by atoms with E-state index in [9.17, 15) is 0 Å². The molecule has 2 aliphatic carbocycles. The second kappa shape index (κ2) is 6.17. The third-order valence-electron chi connectivity index (χ3n) is 8.21. The first-order valence-electron chi connectivity index (χ1n) is 12.3. The maximum absolute atomic E-state index is 5.23. The Hall–Kier alpha value is -4.43. The standard InChI is InChI=1S/C33H20N2/c1-4-10-23-19(7-1)15-21-17-31-27(18-26(21)23)25-14-13-24-22-9-3-2-8-20(22)16-28(24)32(25)33-34-29-11-5-6-12-30(29)35(31)33/h1-14,17-18H,15-16H2. The van der Waals surface area contributed by atoms with Gasteiger partial charge in [-0.15, -0.1) is 0 Å². The largest absolute Gasteiger partial charge is 0.292 e. The number of benzene rings is 5. The summed E-state index contributed by atoms with van der Waals surface area (Å²) in [6.45, 7) is 0. The van der Waals surface area contributed by atoms with Crippen LogP contribution >= 0.6 is 0 Å². The van der Waals surface area contributed by atoms with Crippen LogP contribution in [0, 0.1) is 0 Å². The molecule has 0 atom stereocenters. The van der Waals surface area contributed by atoms with Gasteiger partial charge in [0.2, 0.25) is 0 Å². The van der Waals surface area contributed by atoms with Gasteiger partial charge in [0.1, 0.15) is 5.65 Å². The number of para-hydroxylation sites is 2. The molecule has 0 unspecified atom stereocenters. The highest BCUT2D eigenvalue weighted by Gasteiger charge is 2.26. The Morgan fingerprint density at radius 2 is 1.29 bits per heavy atom. The number of pyridine rings is 1. The number of rotatable bonds is 0. The van der Waals surface area contributed by atoms with E-state index in [1.165, 1.54) is 71.7 Å². The molecule has 2 aromatic heterocycles. The molecule has 0 saturated heterocycles. The summed E-state index contributed by atoms with van der Waals surface area (Å²) in [6, 6.07) is 35.8. The maximum atomic E-state index is 5.23. The highest BCUT2D eigenvalue weighted by atomic mass is 15.0. The number of hydrogen-bond acceptors (Lipinski definition) is 1. The van der Waals surface area contributed by atoms with E-state index in [-0.39, 0.29) is 0 Å². The lowest BCUT2D eigenvalue weighted by Gasteiger charge is -2.14. The van der Waals surface area contributed by atoms with Crippen molar-refractivity contribution in [1.29, 1.82) is 0 Å². The molecule has 0 saturated carbocycles. The van der Waals surface area contributed by atoms with Crippen LogP contribution in [-0.2, 0) is 12.8 Å². The van der Waals surface area contributed by atoms with Gasteiger partial charge < -0.3 is 0 Å². The molecule has 0 aliphatic heterocycles. The zero-order chi connectivity index (χ0) is 22.7. The lowest BCUT2D eigenvalue weighted by atomic mass is 9.95. The van der Waals surface area contributed by atoms with E-state index >= 15 is 0 Å². The minimum atomic E-state index is 0.959. The second-order valence-electron chi connectivity index (χ2n) is 9.97. The predicted molar refractivity (Wildman–Crippen MR) is 144 cm³/mol. The van der Waals surface area contributed by atoms with Gasteiger partial charge in [-0.1, -0.05) is 72.8 Å². The SMILES string of the molecule is c1ccc2c(c1)Cc1cc3c(cc1-2)c1ccc2c(c1c1nc4ccccc4n31)Cc1ccccc1-2. The van der Waals surface area contributed by atoms with Crippen molar-refractivity contribution in [2.45, 2.75) is 12.8 Å². The van der Waals surface area contributed by atoms with Crippen molar-refractivity contribution < 1.29 is 0 Å².